The number of carbonyl (C=O) groups excluding carboxylic acids is 2. The van der Waals surface area contributed by atoms with Crippen molar-refractivity contribution in [1.82, 2.24) is 10.6 Å². The lowest BCUT2D eigenvalue weighted by molar-refractivity contribution is -0.936. The van der Waals surface area contributed by atoms with Crippen LogP contribution in [-0.2, 0) is 22.7 Å². The topological polar surface area (TPSA) is 58.2 Å². The van der Waals surface area contributed by atoms with Crippen LogP contribution in [0.3, 0.4) is 0 Å². The largest absolute Gasteiger partial charge is 0.342 e. The molecule has 0 saturated heterocycles. The first-order valence-corrected chi connectivity index (χ1v) is 13.7. The van der Waals surface area contributed by atoms with Crippen LogP contribution in [0.4, 0.5) is 0 Å². The number of amides is 2. The summed E-state index contributed by atoms with van der Waals surface area (Å²) in [7, 11) is 0. The molecule has 2 aromatic rings. The smallest absolute Gasteiger partial charge is 0.309 e. The van der Waals surface area contributed by atoms with Gasteiger partial charge in [0.1, 0.15) is 13.1 Å². The minimum Gasteiger partial charge on any atom is -0.342 e. The van der Waals surface area contributed by atoms with Crippen LogP contribution in [0.2, 0.25) is 10.0 Å². The molecule has 36 heavy (non-hydrogen) atoms. The summed E-state index contributed by atoms with van der Waals surface area (Å²) < 4.78 is 1.64. The van der Waals surface area contributed by atoms with Gasteiger partial charge in [0.25, 0.3) is 0 Å². The van der Waals surface area contributed by atoms with Crippen LogP contribution in [-0.4, -0.2) is 73.1 Å². The first-order chi connectivity index (χ1) is 17.2. The Labute approximate surface area is 226 Å². The maximum absolute atomic E-state index is 12.5. The molecule has 2 amide bonds. The molecule has 2 aromatic carbocycles. The molecule has 0 aromatic heterocycles. The van der Waals surface area contributed by atoms with Gasteiger partial charge in [-0.05, 0) is 52.0 Å². The Morgan fingerprint density at radius 3 is 1.19 bits per heavy atom. The molecule has 0 saturated carbocycles. The third kappa shape index (κ3) is 9.07. The Morgan fingerprint density at radius 1 is 0.611 bits per heavy atom. The van der Waals surface area contributed by atoms with E-state index in [2.05, 4.69) is 38.3 Å². The van der Waals surface area contributed by atoms with Crippen molar-refractivity contribution in [2.24, 2.45) is 0 Å². The van der Waals surface area contributed by atoms with E-state index in [9.17, 15) is 9.59 Å². The normalized spacial score (nSPS) is 11.8. The summed E-state index contributed by atoms with van der Waals surface area (Å²) in [5.74, 6) is -1.15. The van der Waals surface area contributed by atoms with E-state index in [1.165, 1.54) is 11.1 Å². The van der Waals surface area contributed by atoms with Gasteiger partial charge in [-0.2, -0.15) is 0 Å². The van der Waals surface area contributed by atoms with Gasteiger partial charge < -0.3 is 19.6 Å². The first kappa shape index (κ1) is 30.1. The summed E-state index contributed by atoms with van der Waals surface area (Å²) in [5.41, 5.74) is 2.42. The molecule has 198 valence electrons. The minimum atomic E-state index is -0.574. The van der Waals surface area contributed by atoms with Gasteiger partial charge in [-0.25, -0.2) is 0 Å². The molecule has 8 heteroatoms. The van der Waals surface area contributed by atoms with Crippen molar-refractivity contribution in [1.29, 1.82) is 0 Å². The minimum absolute atomic E-state index is 0.446. The third-order valence-electron chi connectivity index (χ3n) is 7.50. The molecule has 0 aliphatic heterocycles. The summed E-state index contributed by atoms with van der Waals surface area (Å²) >= 11 is 12.0. The summed E-state index contributed by atoms with van der Waals surface area (Å²) in [6, 6.07) is 15.8. The third-order valence-corrected chi connectivity index (χ3v) is 8.00. The summed E-state index contributed by atoms with van der Waals surface area (Å²) in [5, 5.41) is 7.08. The van der Waals surface area contributed by atoms with Crippen LogP contribution < -0.4 is 10.6 Å². The van der Waals surface area contributed by atoms with Gasteiger partial charge in [-0.15, -0.1) is 0 Å². The van der Waals surface area contributed by atoms with Crippen molar-refractivity contribution in [3.63, 3.8) is 0 Å². The van der Waals surface area contributed by atoms with E-state index in [0.717, 1.165) is 71.4 Å². The van der Waals surface area contributed by atoms with E-state index >= 15 is 0 Å². The second-order valence-electron chi connectivity index (χ2n) is 9.48. The molecule has 0 aliphatic rings. The van der Waals surface area contributed by atoms with Crippen LogP contribution in [0.15, 0.2) is 48.5 Å². The highest BCUT2D eigenvalue weighted by molar-refractivity contribution is 6.35. The molecule has 2 N–H and O–H groups in total. The number of carbonyl (C=O) groups is 2. The number of hydrogen-bond acceptors (Lipinski definition) is 2. The van der Waals surface area contributed by atoms with E-state index in [4.69, 9.17) is 23.2 Å². The van der Waals surface area contributed by atoms with Crippen molar-refractivity contribution >= 4 is 35.0 Å². The number of benzene rings is 2. The Hall–Kier alpha value is -2.12. The van der Waals surface area contributed by atoms with Crippen molar-refractivity contribution in [2.45, 2.75) is 40.8 Å². The molecule has 0 atom stereocenters. The van der Waals surface area contributed by atoms with Gasteiger partial charge in [0, 0.05) is 21.2 Å². The molecule has 6 nitrogen and oxygen atoms in total. The number of hydrogen-bond donors (Lipinski definition) is 2. The van der Waals surface area contributed by atoms with Crippen molar-refractivity contribution in [3.05, 3.63) is 69.7 Å². The molecule has 0 spiro atoms. The standard InChI is InChI=1S/C28H40Cl2N4O2/c1-5-33(6-2,21-23-9-13-25(29)14-10-23)19-17-31-27(35)28(36)32-18-20-34(7-3,8-4)22-24-11-15-26(30)16-12-24/h9-16H,5-8,17-22H2,1-4H3/p+2. The lowest BCUT2D eigenvalue weighted by Gasteiger charge is -2.37. The van der Waals surface area contributed by atoms with Crippen molar-refractivity contribution in [2.75, 3.05) is 52.4 Å². The second kappa shape index (κ2) is 14.6. The molecule has 0 heterocycles. The van der Waals surface area contributed by atoms with Gasteiger partial charge in [0.15, 0.2) is 0 Å². The highest BCUT2D eigenvalue weighted by Gasteiger charge is 2.26. The molecule has 0 fully saturated rings. The number of halogens is 2. The molecule has 0 aliphatic carbocycles. The Morgan fingerprint density at radius 2 is 0.917 bits per heavy atom. The monoisotopic (exact) mass is 536 g/mol. The van der Waals surface area contributed by atoms with E-state index in [0.29, 0.717) is 13.1 Å². The van der Waals surface area contributed by atoms with Gasteiger partial charge >= 0.3 is 11.8 Å². The molecule has 2 rings (SSSR count). The zero-order valence-electron chi connectivity index (χ0n) is 22.2. The number of likely N-dealkylation sites (N-methyl/N-ethyl adjacent to an activating group) is 2. The van der Waals surface area contributed by atoms with Gasteiger partial charge in [-0.1, -0.05) is 47.5 Å². The van der Waals surface area contributed by atoms with Crippen LogP contribution in [0.25, 0.3) is 0 Å². The van der Waals surface area contributed by atoms with E-state index in [-0.39, 0.29) is 0 Å². The molecule has 0 bridgehead atoms. The van der Waals surface area contributed by atoms with Gasteiger partial charge in [-0.3, -0.25) is 9.59 Å². The van der Waals surface area contributed by atoms with Crippen LogP contribution in [0.5, 0.6) is 0 Å². The highest BCUT2D eigenvalue weighted by Crippen LogP contribution is 2.18. The van der Waals surface area contributed by atoms with Gasteiger partial charge in [0.05, 0.1) is 52.4 Å². The molecule has 0 unspecified atom stereocenters. The molecular formula is C28H42Cl2N4O2+2. The number of rotatable bonds is 14. The second-order valence-corrected chi connectivity index (χ2v) is 10.3. The van der Waals surface area contributed by atoms with E-state index < -0.39 is 11.8 Å². The summed E-state index contributed by atoms with van der Waals surface area (Å²) in [4.78, 5) is 24.9. The quantitative estimate of drug-likeness (QED) is 0.273. The predicted molar refractivity (Wildman–Crippen MR) is 149 cm³/mol. The van der Waals surface area contributed by atoms with Crippen LogP contribution in [0, 0.1) is 0 Å². The maximum Gasteiger partial charge on any atom is 0.309 e. The lowest BCUT2D eigenvalue weighted by atomic mass is 10.1. The zero-order valence-corrected chi connectivity index (χ0v) is 23.7. The summed E-state index contributed by atoms with van der Waals surface area (Å²) in [6.07, 6.45) is 0. The first-order valence-electron chi connectivity index (χ1n) is 13.0. The fourth-order valence-corrected chi connectivity index (χ4v) is 4.86. The highest BCUT2D eigenvalue weighted by atomic mass is 35.5. The Bertz CT molecular complexity index is 877. The van der Waals surface area contributed by atoms with Crippen molar-refractivity contribution < 1.29 is 18.6 Å². The average molecular weight is 538 g/mol. The Balaban J connectivity index is 1.83. The average Bonchev–Trinajstić information content (AvgIpc) is 2.89. The van der Waals surface area contributed by atoms with E-state index in [1.807, 2.05) is 48.5 Å². The molecular weight excluding hydrogens is 495 g/mol. The lowest BCUT2D eigenvalue weighted by Crippen LogP contribution is -2.53. The number of nitrogens with zero attached hydrogens (tertiary/aromatic N) is 2. The van der Waals surface area contributed by atoms with E-state index in [1.54, 1.807) is 0 Å². The zero-order chi connectivity index (χ0) is 26.6. The fraction of sp³-hybridized carbons (Fsp3) is 0.500. The van der Waals surface area contributed by atoms with Gasteiger partial charge in [0.2, 0.25) is 0 Å². The fourth-order valence-electron chi connectivity index (χ4n) is 4.61. The van der Waals surface area contributed by atoms with Crippen LogP contribution in [0.1, 0.15) is 38.8 Å². The number of quaternary nitrogens is 2. The maximum atomic E-state index is 12.5. The molecule has 0 radical (unpaired) electrons. The van der Waals surface area contributed by atoms with Crippen molar-refractivity contribution in [3.8, 4) is 0 Å². The SMILES string of the molecule is CC[N+](CC)(CCNC(=O)C(=O)NCC[N+](CC)(CC)Cc1ccc(Cl)cc1)Cc1ccc(Cl)cc1. The number of nitrogens with one attached hydrogen (secondary N) is 2. The Kier molecular flexibility index (Phi) is 12.2. The predicted octanol–water partition coefficient (Wildman–Crippen LogP) is 4.64. The summed E-state index contributed by atoms with van der Waals surface area (Å²) in [6.45, 7) is 16.5. The van der Waals surface area contributed by atoms with Crippen LogP contribution >= 0.6 is 23.2 Å².